The first-order valence-electron chi connectivity index (χ1n) is 8.74. The van der Waals surface area contributed by atoms with E-state index in [1.54, 1.807) is 6.20 Å². The van der Waals surface area contributed by atoms with Crippen LogP contribution >= 0.6 is 22.7 Å². The van der Waals surface area contributed by atoms with Crippen LogP contribution < -0.4 is 10.6 Å². The van der Waals surface area contributed by atoms with Crippen molar-refractivity contribution in [1.82, 2.24) is 9.97 Å². The Morgan fingerprint density at radius 1 is 0.931 bits per heavy atom. The number of nitrogens with one attached hydrogen (secondary N) is 2. The largest absolute Gasteiger partial charge is 0.326 e. The van der Waals surface area contributed by atoms with Crippen molar-refractivity contribution in [3.05, 3.63) is 71.1 Å². The summed E-state index contributed by atoms with van der Waals surface area (Å²) in [6.07, 6.45) is 1.58. The second-order valence-electron chi connectivity index (χ2n) is 6.15. The number of anilines is 2. The predicted octanol–water partition coefficient (Wildman–Crippen LogP) is 5.14. The van der Waals surface area contributed by atoms with Gasteiger partial charge in [0.2, 0.25) is 5.91 Å². The Morgan fingerprint density at radius 2 is 1.69 bits per heavy atom. The van der Waals surface area contributed by atoms with Crippen LogP contribution in [0.4, 0.5) is 10.8 Å². The molecule has 0 spiro atoms. The summed E-state index contributed by atoms with van der Waals surface area (Å²) >= 11 is 2.70. The zero-order valence-electron chi connectivity index (χ0n) is 15.4. The number of benzene rings is 2. The molecule has 0 unspecified atom stereocenters. The molecule has 0 atom stereocenters. The number of hydrogen-bond donors (Lipinski definition) is 2. The molecule has 2 aromatic carbocycles. The summed E-state index contributed by atoms with van der Waals surface area (Å²) in [6.45, 7) is 1.47. The van der Waals surface area contributed by atoms with Gasteiger partial charge in [0.1, 0.15) is 9.88 Å². The molecule has 6 nitrogen and oxygen atoms in total. The number of carbonyl (C=O) groups is 2. The lowest BCUT2D eigenvalue weighted by Gasteiger charge is -2.02. The Hall–Kier alpha value is -3.36. The highest BCUT2D eigenvalue weighted by Gasteiger charge is 2.14. The average molecular weight is 421 g/mol. The lowest BCUT2D eigenvalue weighted by atomic mass is 10.1. The van der Waals surface area contributed by atoms with E-state index in [4.69, 9.17) is 0 Å². The molecule has 8 heteroatoms. The lowest BCUT2D eigenvalue weighted by Crippen LogP contribution is -2.09. The molecule has 0 radical (unpaired) electrons. The SMILES string of the molecule is CC(=O)Nc1ccc(-c2csc(NC(=O)c3cnc(-c4ccccc4)s3)n2)cc1. The van der Waals surface area contributed by atoms with Gasteiger partial charge >= 0.3 is 0 Å². The molecule has 0 fully saturated rings. The summed E-state index contributed by atoms with van der Waals surface area (Å²) in [5.74, 6) is -0.346. The second kappa shape index (κ2) is 8.34. The van der Waals surface area contributed by atoms with Crippen molar-refractivity contribution in [2.75, 3.05) is 10.6 Å². The van der Waals surface area contributed by atoms with Crippen molar-refractivity contribution in [3.8, 4) is 21.8 Å². The Bertz CT molecular complexity index is 1150. The summed E-state index contributed by atoms with van der Waals surface area (Å²) in [7, 11) is 0. The molecule has 29 heavy (non-hydrogen) atoms. The number of carbonyl (C=O) groups excluding carboxylic acids is 2. The maximum absolute atomic E-state index is 12.5. The van der Waals surface area contributed by atoms with Crippen molar-refractivity contribution in [1.29, 1.82) is 0 Å². The molecule has 2 heterocycles. The minimum atomic E-state index is -0.230. The van der Waals surface area contributed by atoms with Gasteiger partial charge in [-0.1, -0.05) is 42.5 Å². The van der Waals surface area contributed by atoms with Crippen LogP contribution in [0.25, 0.3) is 21.8 Å². The van der Waals surface area contributed by atoms with E-state index in [0.717, 1.165) is 27.5 Å². The fourth-order valence-corrected chi connectivity index (χ4v) is 4.17. The Morgan fingerprint density at radius 3 is 2.41 bits per heavy atom. The summed E-state index contributed by atoms with van der Waals surface area (Å²) < 4.78 is 0. The Balaban J connectivity index is 1.44. The van der Waals surface area contributed by atoms with E-state index in [1.807, 2.05) is 60.0 Å². The van der Waals surface area contributed by atoms with Crippen LogP contribution in [0.3, 0.4) is 0 Å². The maximum atomic E-state index is 12.5. The molecule has 0 aliphatic rings. The maximum Gasteiger partial charge on any atom is 0.269 e. The fourth-order valence-electron chi connectivity index (χ4n) is 2.64. The number of hydrogen-bond acceptors (Lipinski definition) is 6. The summed E-state index contributed by atoms with van der Waals surface area (Å²) in [4.78, 5) is 33.0. The zero-order valence-corrected chi connectivity index (χ0v) is 17.0. The van der Waals surface area contributed by atoms with E-state index in [2.05, 4.69) is 20.6 Å². The monoisotopic (exact) mass is 420 g/mol. The third-order valence-corrected chi connectivity index (χ3v) is 5.78. The van der Waals surface area contributed by atoms with Crippen molar-refractivity contribution in [2.45, 2.75) is 6.92 Å². The van der Waals surface area contributed by atoms with E-state index in [1.165, 1.54) is 29.6 Å². The summed E-state index contributed by atoms with van der Waals surface area (Å²) in [6, 6.07) is 17.1. The van der Waals surface area contributed by atoms with E-state index >= 15 is 0 Å². The number of amides is 2. The third-order valence-electron chi connectivity index (χ3n) is 3.98. The van der Waals surface area contributed by atoms with Crippen molar-refractivity contribution in [2.24, 2.45) is 0 Å². The number of aromatic nitrogens is 2. The van der Waals surface area contributed by atoms with Crippen molar-refractivity contribution in [3.63, 3.8) is 0 Å². The molecule has 2 amide bonds. The minimum absolute atomic E-state index is 0.116. The predicted molar refractivity (Wildman–Crippen MR) is 117 cm³/mol. The van der Waals surface area contributed by atoms with Crippen LogP contribution in [-0.2, 0) is 4.79 Å². The topological polar surface area (TPSA) is 84.0 Å². The third kappa shape index (κ3) is 4.56. The second-order valence-corrected chi connectivity index (χ2v) is 8.04. The molecular formula is C21H16N4O2S2. The van der Waals surface area contributed by atoms with Gasteiger partial charge < -0.3 is 5.32 Å². The van der Waals surface area contributed by atoms with Crippen LogP contribution in [0.15, 0.2) is 66.2 Å². The molecule has 0 saturated carbocycles. The fraction of sp³-hybridized carbons (Fsp3) is 0.0476. The van der Waals surface area contributed by atoms with Crippen LogP contribution in [0.2, 0.25) is 0 Å². The van der Waals surface area contributed by atoms with E-state index in [0.29, 0.717) is 10.0 Å². The highest BCUT2D eigenvalue weighted by atomic mass is 32.1. The normalized spacial score (nSPS) is 10.5. The first-order chi connectivity index (χ1) is 14.1. The molecule has 0 bridgehead atoms. The molecule has 0 saturated heterocycles. The van der Waals surface area contributed by atoms with Gasteiger partial charge in [-0.05, 0) is 12.1 Å². The zero-order chi connectivity index (χ0) is 20.2. The standard InChI is InChI=1S/C21H16N4O2S2/c1-13(26)23-16-9-7-14(8-10-16)17-12-28-21(24-17)25-19(27)18-11-22-20(29-18)15-5-3-2-4-6-15/h2-12H,1H3,(H,23,26)(H,24,25,27). The Kier molecular flexibility index (Phi) is 5.46. The van der Waals surface area contributed by atoms with E-state index in [-0.39, 0.29) is 11.8 Å². The van der Waals surface area contributed by atoms with Crippen LogP contribution in [0.5, 0.6) is 0 Å². The molecule has 0 aliphatic carbocycles. The first kappa shape index (κ1) is 19.0. The van der Waals surface area contributed by atoms with Gasteiger partial charge in [0.15, 0.2) is 5.13 Å². The smallest absolute Gasteiger partial charge is 0.269 e. The van der Waals surface area contributed by atoms with Gasteiger partial charge in [-0.15, -0.1) is 22.7 Å². The molecule has 144 valence electrons. The van der Waals surface area contributed by atoms with E-state index < -0.39 is 0 Å². The van der Waals surface area contributed by atoms with Crippen LogP contribution in [0, 0.1) is 0 Å². The van der Waals surface area contributed by atoms with E-state index in [9.17, 15) is 9.59 Å². The average Bonchev–Trinajstić information content (AvgIpc) is 3.39. The van der Waals surface area contributed by atoms with Gasteiger partial charge in [0.05, 0.1) is 11.9 Å². The summed E-state index contributed by atoms with van der Waals surface area (Å²) in [5, 5.41) is 8.76. The molecule has 4 rings (SSSR count). The summed E-state index contributed by atoms with van der Waals surface area (Å²) in [5.41, 5.74) is 3.37. The molecule has 0 aliphatic heterocycles. The van der Waals surface area contributed by atoms with Gasteiger partial charge in [-0.3, -0.25) is 14.9 Å². The number of rotatable bonds is 5. The van der Waals surface area contributed by atoms with Crippen LogP contribution in [-0.4, -0.2) is 21.8 Å². The highest BCUT2D eigenvalue weighted by Crippen LogP contribution is 2.28. The van der Waals surface area contributed by atoms with Gasteiger partial charge in [0, 0.05) is 29.1 Å². The van der Waals surface area contributed by atoms with Crippen molar-refractivity contribution < 1.29 is 9.59 Å². The molecule has 4 aromatic rings. The van der Waals surface area contributed by atoms with Crippen molar-refractivity contribution >= 4 is 45.3 Å². The molecular weight excluding hydrogens is 404 g/mol. The first-order valence-corrected chi connectivity index (χ1v) is 10.4. The van der Waals surface area contributed by atoms with Gasteiger partial charge in [0.25, 0.3) is 5.91 Å². The molecule has 2 aromatic heterocycles. The number of thiazole rings is 2. The number of nitrogens with zero attached hydrogens (tertiary/aromatic N) is 2. The Labute approximate surface area is 175 Å². The lowest BCUT2D eigenvalue weighted by molar-refractivity contribution is -0.114. The molecule has 2 N–H and O–H groups in total. The minimum Gasteiger partial charge on any atom is -0.326 e. The van der Waals surface area contributed by atoms with Gasteiger partial charge in [-0.25, -0.2) is 9.97 Å². The van der Waals surface area contributed by atoms with Crippen LogP contribution in [0.1, 0.15) is 16.6 Å². The highest BCUT2D eigenvalue weighted by molar-refractivity contribution is 7.17. The quantitative estimate of drug-likeness (QED) is 0.468. The van der Waals surface area contributed by atoms with Gasteiger partial charge in [-0.2, -0.15) is 0 Å².